The van der Waals surface area contributed by atoms with E-state index in [1.807, 2.05) is 12.5 Å². The molecule has 25 heavy (non-hydrogen) atoms. The summed E-state index contributed by atoms with van der Waals surface area (Å²) in [4.78, 5) is 4.08. The van der Waals surface area contributed by atoms with Gasteiger partial charge in [0.25, 0.3) is 0 Å². The van der Waals surface area contributed by atoms with Crippen molar-refractivity contribution in [2.75, 3.05) is 0 Å². The maximum atomic E-state index is 4.08. The summed E-state index contributed by atoms with van der Waals surface area (Å²) >= 11 is 0. The molecule has 1 unspecified atom stereocenters. The third kappa shape index (κ3) is 14.1. The topological polar surface area (TPSA) is 17.8 Å². The highest BCUT2D eigenvalue weighted by Crippen LogP contribution is 2.16. The molecule has 0 aliphatic carbocycles. The quantitative estimate of drug-likeness (QED) is 0.248. The van der Waals surface area contributed by atoms with E-state index in [4.69, 9.17) is 0 Å². The van der Waals surface area contributed by atoms with Gasteiger partial charge in [0, 0.05) is 18.9 Å². The third-order valence-electron chi connectivity index (χ3n) is 5.62. The van der Waals surface area contributed by atoms with Crippen LogP contribution >= 0.6 is 0 Å². The van der Waals surface area contributed by atoms with Gasteiger partial charge in [-0.05, 0) is 12.3 Å². The molecule has 2 nitrogen and oxygen atoms in total. The van der Waals surface area contributed by atoms with Crippen molar-refractivity contribution in [1.29, 1.82) is 0 Å². The molecule has 146 valence electrons. The zero-order valence-electron chi connectivity index (χ0n) is 17.2. The molecule has 0 fully saturated rings. The van der Waals surface area contributed by atoms with E-state index < -0.39 is 0 Å². The number of nitrogens with zero attached hydrogens (tertiary/aromatic N) is 2. The molecular formula is C23H44N2. The minimum Gasteiger partial charge on any atom is -0.337 e. The fraction of sp³-hybridized carbons (Fsp3) is 0.870. The Balaban J connectivity index is 1.68. The van der Waals surface area contributed by atoms with Crippen LogP contribution in [0.5, 0.6) is 0 Å². The van der Waals surface area contributed by atoms with Crippen LogP contribution in [-0.2, 0) is 6.54 Å². The summed E-state index contributed by atoms with van der Waals surface area (Å²) in [6.07, 6.45) is 28.8. The Bertz CT molecular complexity index is 358. The van der Waals surface area contributed by atoms with Crippen molar-refractivity contribution >= 4 is 0 Å². The predicted molar refractivity (Wildman–Crippen MR) is 111 cm³/mol. The lowest BCUT2D eigenvalue weighted by Crippen LogP contribution is -1.93. The number of rotatable bonds is 18. The third-order valence-corrected chi connectivity index (χ3v) is 5.62. The highest BCUT2D eigenvalue weighted by atomic mass is 15.0. The van der Waals surface area contributed by atoms with Gasteiger partial charge in [0.15, 0.2) is 0 Å². The van der Waals surface area contributed by atoms with Gasteiger partial charge in [-0.15, -0.1) is 0 Å². The van der Waals surface area contributed by atoms with E-state index in [0.717, 1.165) is 12.5 Å². The highest BCUT2D eigenvalue weighted by Gasteiger charge is 1.98. The molecular weight excluding hydrogens is 304 g/mol. The molecule has 0 aliphatic rings. The van der Waals surface area contributed by atoms with E-state index in [2.05, 4.69) is 29.6 Å². The second-order valence-electron chi connectivity index (χ2n) is 8.05. The minimum absolute atomic E-state index is 0.941. The van der Waals surface area contributed by atoms with E-state index in [-0.39, 0.29) is 0 Å². The largest absolute Gasteiger partial charge is 0.337 e. The van der Waals surface area contributed by atoms with Crippen LogP contribution in [0.25, 0.3) is 0 Å². The van der Waals surface area contributed by atoms with Crippen molar-refractivity contribution in [3.8, 4) is 0 Å². The standard InChI is InChI=1S/C23H44N2/c1-3-23(2)18-16-14-12-10-8-6-4-5-7-9-11-13-15-17-20-25-21-19-24-22-25/h19,21-23H,3-18,20H2,1-2H3. The first-order valence-corrected chi connectivity index (χ1v) is 11.3. The van der Waals surface area contributed by atoms with Gasteiger partial charge in [-0.3, -0.25) is 0 Å². The molecule has 0 spiro atoms. The van der Waals surface area contributed by atoms with E-state index in [1.165, 1.54) is 103 Å². The number of imidazole rings is 1. The van der Waals surface area contributed by atoms with Crippen LogP contribution < -0.4 is 0 Å². The van der Waals surface area contributed by atoms with Crippen molar-refractivity contribution in [3.63, 3.8) is 0 Å². The van der Waals surface area contributed by atoms with Gasteiger partial charge < -0.3 is 4.57 Å². The molecule has 1 atom stereocenters. The zero-order valence-corrected chi connectivity index (χ0v) is 17.2. The smallest absolute Gasteiger partial charge is 0.0945 e. The Morgan fingerprint density at radius 3 is 1.64 bits per heavy atom. The molecule has 0 bridgehead atoms. The van der Waals surface area contributed by atoms with Crippen molar-refractivity contribution in [3.05, 3.63) is 18.7 Å². The summed E-state index contributed by atoms with van der Waals surface area (Å²) in [5.74, 6) is 0.941. The van der Waals surface area contributed by atoms with Gasteiger partial charge in [-0.25, -0.2) is 4.98 Å². The molecule has 1 rings (SSSR count). The Labute approximate surface area is 157 Å². The first-order valence-electron chi connectivity index (χ1n) is 11.3. The van der Waals surface area contributed by atoms with Gasteiger partial charge in [0.1, 0.15) is 0 Å². The number of hydrogen-bond acceptors (Lipinski definition) is 1. The Morgan fingerprint density at radius 2 is 1.20 bits per heavy atom. The maximum Gasteiger partial charge on any atom is 0.0945 e. The van der Waals surface area contributed by atoms with Crippen LogP contribution in [0.4, 0.5) is 0 Å². The molecule has 1 aromatic heterocycles. The van der Waals surface area contributed by atoms with Crippen LogP contribution in [-0.4, -0.2) is 9.55 Å². The number of unbranched alkanes of at least 4 members (excludes halogenated alkanes) is 13. The van der Waals surface area contributed by atoms with Crippen LogP contribution in [0.2, 0.25) is 0 Å². The average Bonchev–Trinajstić information content (AvgIpc) is 3.14. The normalized spacial score (nSPS) is 12.6. The lowest BCUT2D eigenvalue weighted by atomic mass is 9.99. The van der Waals surface area contributed by atoms with E-state index >= 15 is 0 Å². The summed E-state index contributed by atoms with van der Waals surface area (Å²) < 4.78 is 2.19. The lowest BCUT2D eigenvalue weighted by molar-refractivity contribution is 0.468. The average molecular weight is 349 g/mol. The molecule has 2 heteroatoms. The SMILES string of the molecule is CCC(C)CCCCCCCCCCCCCCCCn1ccnc1. The Morgan fingerprint density at radius 1 is 0.720 bits per heavy atom. The highest BCUT2D eigenvalue weighted by molar-refractivity contribution is 4.73. The van der Waals surface area contributed by atoms with Gasteiger partial charge >= 0.3 is 0 Å². The number of aryl methyl sites for hydroxylation is 1. The summed E-state index contributed by atoms with van der Waals surface area (Å²) in [6.45, 7) is 5.84. The van der Waals surface area contributed by atoms with E-state index in [0.29, 0.717) is 0 Å². The molecule has 0 radical (unpaired) electrons. The fourth-order valence-corrected chi connectivity index (χ4v) is 3.53. The Hall–Kier alpha value is -0.790. The fourth-order valence-electron chi connectivity index (χ4n) is 3.53. The van der Waals surface area contributed by atoms with Crippen molar-refractivity contribution in [2.24, 2.45) is 5.92 Å². The first-order chi connectivity index (χ1) is 12.3. The van der Waals surface area contributed by atoms with Gasteiger partial charge in [-0.2, -0.15) is 0 Å². The van der Waals surface area contributed by atoms with Crippen molar-refractivity contribution < 1.29 is 0 Å². The van der Waals surface area contributed by atoms with E-state index in [1.54, 1.807) is 0 Å². The summed E-state index contributed by atoms with van der Waals surface area (Å²) in [5, 5.41) is 0. The van der Waals surface area contributed by atoms with Crippen molar-refractivity contribution in [2.45, 2.75) is 123 Å². The minimum atomic E-state index is 0.941. The second-order valence-corrected chi connectivity index (χ2v) is 8.05. The molecule has 0 amide bonds. The summed E-state index contributed by atoms with van der Waals surface area (Å²) in [6, 6.07) is 0. The second kappa shape index (κ2) is 16.7. The summed E-state index contributed by atoms with van der Waals surface area (Å²) in [5.41, 5.74) is 0. The van der Waals surface area contributed by atoms with E-state index in [9.17, 15) is 0 Å². The molecule has 1 heterocycles. The van der Waals surface area contributed by atoms with Gasteiger partial charge in [-0.1, -0.05) is 110 Å². The first kappa shape index (κ1) is 22.3. The lowest BCUT2D eigenvalue weighted by Gasteiger charge is -2.07. The molecule has 0 aromatic carbocycles. The van der Waals surface area contributed by atoms with Gasteiger partial charge in [0.05, 0.1) is 6.33 Å². The molecule has 0 saturated heterocycles. The Kier molecular flexibility index (Phi) is 14.8. The predicted octanol–water partition coefficient (Wildman–Crippen LogP) is 7.78. The van der Waals surface area contributed by atoms with Gasteiger partial charge in [0.2, 0.25) is 0 Å². The molecule has 0 N–H and O–H groups in total. The zero-order chi connectivity index (χ0) is 18.0. The number of hydrogen-bond donors (Lipinski definition) is 0. The van der Waals surface area contributed by atoms with Crippen LogP contribution in [0.3, 0.4) is 0 Å². The van der Waals surface area contributed by atoms with Crippen LogP contribution in [0, 0.1) is 5.92 Å². The van der Waals surface area contributed by atoms with Crippen LogP contribution in [0.1, 0.15) is 117 Å². The molecule has 0 aliphatic heterocycles. The molecule has 1 aromatic rings. The summed E-state index contributed by atoms with van der Waals surface area (Å²) in [7, 11) is 0. The molecule has 0 saturated carbocycles. The monoisotopic (exact) mass is 348 g/mol. The van der Waals surface area contributed by atoms with Crippen LogP contribution in [0.15, 0.2) is 18.7 Å². The maximum absolute atomic E-state index is 4.08. The number of aromatic nitrogens is 2. The van der Waals surface area contributed by atoms with Crippen molar-refractivity contribution in [1.82, 2.24) is 9.55 Å².